The Morgan fingerprint density at radius 3 is 1.76 bits per heavy atom. The Balaban J connectivity index is 1.56. The summed E-state index contributed by atoms with van der Waals surface area (Å²) >= 11 is 0. The van der Waals surface area contributed by atoms with Crippen LogP contribution in [0.4, 0.5) is 0 Å². The monoisotopic (exact) mass is 387 g/mol. The Kier molecular flexibility index (Phi) is 5.52. The highest BCUT2D eigenvalue weighted by molar-refractivity contribution is 5.96. The molecule has 29 heavy (non-hydrogen) atoms. The number of ether oxygens (including phenoxy) is 3. The number of benzene rings is 3. The maximum Gasteiger partial charge on any atom is 0.217 e. The highest BCUT2D eigenvalue weighted by Crippen LogP contribution is 2.28. The molecule has 4 nitrogen and oxygen atoms in total. The molecule has 0 unspecified atom stereocenters. The van der Waals surface area contributed by atoms with E-state index in [-0.39, 0.29) is 5.54 Å². The summed E-state index contributed by atoms with van der Waals surface area (Å²) in [5.41, 5.74) is 2.87. The van der Waals surface area contributed by atoms with Crippen LogP contribution in [0.5, 0.6) is 11.5 Å². The molecule has 0 aromatic heterocycles. The molecule has 0 saturated carbocycles. The van der Waals surface area contributed by atoms with Crippen molar-refractivity contribution in [1.29, 1.82) is 0 Å². The van der Waals surface area contributed by atoms with E-state index in [1.165, 1.54) is 0 Å². The van der Waals surface area contributed by atoms with Crippen LogP contribution in [0.2, 0.25) is 0 Å². The first-order valence-corrected chi connectivity index (χ1v) is 9.79. The Labute approximate surface area is 171 Å². The summed E-state index contributed by atoms with van der Waals surface area (Å²) in [5, 5.41) is 0. The first kappa shape index (κ1) is 19.1. The van der Waals surface area contributed by atoms with Crippen molar-refractivity contribution >= 4 is 5.90 Å². The second-order valence-corrected chi connectivity index (χ2v) is 7.76. The van der Waals surface area contributed by atoms with E-state index in [1.54, 1.807) is 0 Å². The zero-order chi connectivity index (χ0) is 20.1. The second kappa shape index (κ2) is 8.39. The maximum atomic E-state index is 6.05. The lowest BCUT2D eigenvalue weighted by Gasteiger charge is -2.13. The quantitative estimate of drug-likeness (QED) is 0.545. The van der Waals surface area contributed by atoms with Crippen LogP contribution in [0.3, 0.4) is 0 Å². The summed E-state index contributed by atoms with van der Waals surface area (Å²) in [6.45, 7) is 5.66. The van der Waals surface area contributed by atoms with Gasteiger partial charge in [-0.15, -0.1) is 0 Å². The first-order valence-electron chi connectivity index (χ1n) is 9.79. The highest BCUT2D eigenvalue weighted by atomic mass is 16.5. The molecule has 0 amide bonds. The molecule has 148 valence electrons. The lowest BCUT2D eigenvalue weighted by Crippen LogP contribution is -2.17. The van der Waals surface area contributed by atoms with Crippen LogP contribution in [0, 0.1) is 0 Å². The maximum absolute atomic E-state index is 6.05. The van der Waals surface area contributed by atoms with E-state index in [1.807, 2.05) is 78.9 Å². The first-order chi connectivity index (χ1) is 14.1. The molecule has 3 aromatic rings. The lowest BCUT2D eigenvalue weighted by molar-refractivity contribution is 0.277. The SMILES string of the molecule is CC1(C)COC(c2cc(OCc3ccccc3)cc(OCc3ccccc3)c2)=N1. The van der Waals surface area contributed by atoms with Crippen LogP contribution in [0.1, 0.15) is 30.5 Å². The van der Waals surface area contributed by atoms with Crippen LogP contribution >= 0.6 is 0 Å². The van der Waals surface area contributed by atoms with Crippen molar-refractivity contribution < 1.29 is 14.2 Å². The molecular weight excluding hydrogens is 362 g/mol. The van der Waals surface area contributed by atoms with Gasteiger partial charge in [0.15, 0.2) is 0 Å². The fraction of sp³-hybridized carbons (Fsp3) is 0.240. The Morgan fingerprint density at radius 2 is 1.31 bits per heavy atom. The minimum absolute atomic E-state index is 0.221. The average Bonchev–Trinajstić information content (AvgIpc) is 3.12. The zero-order valence-electron chi connectivity index (χ0n) is 16.8. The van der Waals surface area contributed by atoms with Gasteiger partial charge in [-0.25, -0.2) is 4.99 Å². The molecule has 0 bridgehead atoms. The molecule has 1 aliphatic rings. The minimum Gasteiger partial charge on any atom is -0.489 e. The van der Waals surface area contributed by atoms with E-state index in [9.17, 15) is 0 Å². The molecule has 0 spiro atoms. The Bertz CT molecular complexity index is 920. The molecule has 4 rings (SSSR count). The summed E-state index contributed by atoms with van der Waals surface area (Å²) in [6, 6.07) is 26.0. The zero-order valence-corrected chi connectivity index (χ0v) is 16.8. The summed E-state index contributed by atoms with van der Waals surface area (Å²) in [5.74, 6) is 2.08. The van der Waals surface area contributed by atoms with Crippen LogP contribution in [0.25, 0.3) is 0 Å². The van der Waals surface area contributed by atoms with Gasteiger partial charge in [0, 0.05) is 11.6 Å². The standard InChI is InChI=1S/C25H25NO3/c1-25(2)18-29-24(26-25)21-13-22(27-16-19-9-5-3-6-10-19)15-23(14-21)28-17-20-11-7-4-8-12-20/h3-15H,16-18H2,1-2H3. The minimum atomic E-state index is -0.221. The topological polar surface area (TPSA) is 40.0 Å². The van der Waals surface area contributed by atoms with Crippen LogP contribution in [-0.4, -0.2) is 18.0 Å². The second-order valence-electron chi connectivity index (χ2n) is 7.76. The number of hydrogen-bond acceptors (Lipinski definition) is 4. The smallest absolute Gasteiger partial charge is 0.217 e. The predicted molar refractivity (Wildman–Crippen MR) is 115 cm³/mol. The third kappa shape index (κ3) is 5.17. The molecule has 1 heterocycles. The van der Waals surface area contributed by atoms with E-state index in [2.05, 4.69) is 13.8 Å². The van der Waals surface area contributed by atoms with Crippen LogP contribution in [-0.2, 0) is 18.0 Å². The van der Waals surface area contributed by atoms with E-state index in [4.69, 9.17) is 19.2 Å². The Hall–Kier alpha value is -3.27. The van der Waals surface area contributed by atoms with Crippen LogP contribution in [0.15, 0.2) is 83.9 Å². The number of hydrogen-bond donors (Lipinski definition) is 0. The predicted octanol–water partition coefficient (Wildman–Crippen LogP) is 5.40. The summed E-state index contributed by atoms with van der Waals surface area (Å²) in [4.78, 5) is 4.69. The van der Waals surface area contributed by atoms with Crippen molar-refractivity contribution in [2.75, 3.05) is 6.61 Å². The average molecular weight is 387 g/mol. The molecule has 0 N–H and O–H groups in total. The summed E-state index contributed by atoms with van der Waals surface area (Å²) < 4.78 is 17.9. The fourth-order valence-electron chi connectivity index (χ4n) is 3.08. The molecule has 0 radical (unpaired) electrons. The van der Waals surface area contributed by atoms with Gasteiger partial charge in [0.2, 0.25) is 5.90 Å². The normalized spacial score (nSPS) is 14.8. The van der Waals surface area contributed by atoms with E-state index in [0.717, 1.165) is 28.2 Å². The van der Waals surface area contributed by atoms with Crippen molar-refractivity contribution in [3.63, 3.8) is 0 Å². The number of rotatable bonds is 7. The molecule has 1 aliphatic heterocycles. The van der Waals surface area contributed by atoms with Gasteiger partial charge >= 0.3 is 0 Å². The van der Waals surface area contributed by atoms with Gasteiger partial charge in [-0.2, -0.15) is 0 Å². The summed E-state index contributed by atoms with van der Waals surface area (Å²) in [7, 11) is 0. The molecule has 0 fully saturated rings. The molecule has 3 aromatic carbocycles. The van der Waals surface area contributed by atoms with Crippen molar-refractivity contribution in [2.45, 2.75) is 32.6 Å². The van der Waals surface area contributed by atoms with Crippen molar-refractivity contribution in [3.8, 4) is 11.5 Å². The van der Waals surface area contributed by atoms with Gasteiger partial charge in [0.1, 0.15) is 31.3 Å². The molecule has 4 heteroatoms. The fourth-order valence-corrected chi connectivity index (χ4v) is 3.08. The van der Waals surface area contributed by atoms with E-state index < -0.39 is 0 Å². The van der Waals surface area contributed by atoms with Crippen molar-refractivity contribution in [1.82, 2.24) is 0 Å². The van der Waals surface area contributed by atoms with E-state index >= 15 is 0 Å². The molecular formula is C25H25NO3. The van der Waals surface area contributed by atoms with Gasteiger partial charge in [-0.3, -0.25) is 0 Å². The highest BCUT2D eigenvalue weighted by Gasteiger charge is 2.27. The Morgan fingerprint density at radius 1 is 0.793 bits per heavy atom. The van der Waals surface area contributed by atoms with Gasteiger partial charge in [0.05, 0.1) is 5.54 Å². The van der Waals surface area contributed by atoms with Gasteiger partial charge < -0.3 is 14.2 Å². The van der Waals surface area contributed by atoms with Gasteiger partial charge in [-0.05, 0) is 37.1 Å². The lowest BCUT2D eigenvalue weighted by atomic mass is 10.1. The third-order valence-electron chi connectivity index (χ3n) is 4.59. The van der Waals surface area contributed by atoms with Crippen molar-refractivity contribution in [3.05, 3.63) is 95.6 Å². The van der Waals surface area contributed by atoms with E-state index in [0.29, 0.717) is 25.7 Å². The number of aliphatic imine (C=N–C) groups is 1. The largest absolute Gasteiger partial charge is 0.489 e. The molecule has 0 atom stereocenters. The van der Waals surface area contributed by atoms with Crippen molar-refractivity contribution in [2.24, 2.45) is 4.99 Å². The summed E-state index contributed by atoms with van der Waals surface area (Å²) in [6.07, 6.45) is 0. The number of nitrogens with zero attached hydrogens (tertiary/aromatic N) is 1. The molecule has 0 saturated heterocycles. The van der Waals surface area contributed by atoms with Crippen LogP contribution < -0.4 is 9.47 Å². The van der Waals surface area contributed by atoms with Gasteiger partial charge in [-0.1, -0.05) is 60.7 Å². The molecule has 0 aliphatic carbocycles. The van der Waals surface area contributed by atoms with Gasteiger partial charge in [0.25, 0.3) is 0 Å². The third-order valence-corrected chi connectivity index (χ3v) is 4.59.